The standard InChI is InChI=1S/C19H18ClN5O2S.2ClH/c1-27-14-7-6-13(19-22-11-15(20)28-19)23-18(14)24-16-8-5-12(10-21-16)25-9-3-2-4-17(25)26;;/h5-8,10-11H,2-4,9H2,1H3,(H,21,23,24);2*1H. The SMILES string of the molecule is COc1ccc(-c2ncc(Cl)s2)nc1Nc1ccc(N2CCCCC2=O)cn1.Cl.Cl. The van der Waals surface area contributed by atoms with Crippen molar-refractivity contribution in [2.45, 2.75) is 19.3 Å². The van der Waals surface area contributed by atoms with Gasteiger partial charge in [-0.05, 0) is 37.1 Å². The minimum atomic E-state index is 0. The number of carbonyl (C=O) groups excluding carboxylic acids is 1. The van der Waals surface area contributed by atoms with Crippen LogP contribution in [0.4, 0.5) is 17.3 Å². The lowest BCUT2D eigenvalue weighted by atomic mass is 10.1. The first-order chi connectivity index (χ1) is 13.6. The molecule has 160 valence electrons. The Bertz CT molecular complexity index is 1000. The Morgan fingerprint density at radius 1 is 1.13 bits per heavy atom. The summed E-state index contributed by atoms with van der Waals surface area (Å²) >= 11 is 7.33. The summed E-state index contributed by atoms with van der Waals surface area (Å²) < 4.78 is 6.00. The highest BCUT2D eigenvalue weighted by molar-refractivity contribution is 7.18. The maximum absolute atomic E-state index is 12.1. The monoisotopic (exact) mass is 487 g/mol. The molecule has 0 saturated carbocycles. The normalized spacial score (nSPS) is 13.3. The van der Waals surface area contributed by atoms with Gasteiger partial charge in [-0.3, -0.25) is 4.79 Å². The summed E-state index contributed by atoms with van der Waals surface area (Å²) in [5, 5.41) is 3.90. The number of aromatic nitrogens is 3. The van der Waals surface area contributed by atoms with Crippen molar-refractivity contribution in [2.24, 2.45) is 0 Å². The van der Waals surface area contributed by atoms with Gasteiger partial charge in [0.1, 0.15) is 20.9 Å². The zero-order valence-electron chi connectivity index (χ0n) is 16.0. The van der Waals surface area contributed by atoms with E-state index in [9.17, 15) is 4.79 Å². The molecule has 11 heteroatoms. The second-order valence-corrected chi connectivity index (χ2v) is 7.91. The number of pyridine rings is 2. The number of hydrogen-bond acceptors (Lipinski definition) is 7. The lowest BCUT2D eigenvalue weighted by Crippen LogP contribution is -2.35. The smallest absolute Gasteiger partial charge is 0.227 e. The largest absolute Gasteiger partial charge is 0.493 e. The van der Waals surface area contributed by atoms with Crippen molar-refractivity contribution in [3.8, 4) is 16.5 Å². The topological polar surface area (TPSA) is 80.2 Å². The molecule has 1 aliphatic heterocycles. The molecule has 1 saturated heterocycles. The molecule has 1 aliphatic rings. The molecule has 1 fully saturated rings. The average molecular weight is 489 g/mol. The van der Waals surface area contributed by atoms with Crippen LogP contribution in [0.3, 0.4) is 0 Å². The Kier molecular flexibility index (Phi) is 8.66. The quantitative estimate of drug-likeness (QED) is 0.520. The number of rotatable bonds is 5. The van der Waals surface area contributed by atoms with Crippen molar-refractivity contribution in [2.75, 3.05) is 23.9 Å². The van der Waals surface area contributed by atoms with E-state index < -0.39 is 0 Å². The molecule has 3 aromatic heterocycles. The molecular formula is C19H20Cl3N5O2S. The van der Waals surface area contributed by atoms with Gasteiger partial charge in [-0.25, -0.2) is 15.0 Å². The van der Waals surface area contributed by atoms with E-state index in [1.54, 1.807) is 24.4 Å². The van der Waals surface area contributed by atoms with E-state index in [0.29, 0.717) is 33.8 Å². The Morgan fingerprint density at radius 2 is 1.97 bits per heavy atom. The van der Waals surface area contributed by atoms with Crippen LogP contribution in [0.1, 0.15) is 19.3 Å². The van der Waals surface area contributed by atoms with Crippen LogP contribution in [-0.2, 0) is 4.79 Å². The van der Waals surface area contributed by atoms with Gasteiger partial charge in [0.15, 0.2) is 11.6 Å². The molecule has 1 amide bonds. The molecule has 0 aliphatic carbocycles. The number of halogens is 3. The Balaban J connectivity index is 0.00000160. The van der Waals surface area contributed by atoms with Crippen molar-refractivity contribution in [1.82, 2.24) is 15.0 Å². The van der Waals surface area contributed by atoms with Crippen molar-refractivity contribution < 1.29 is 9.53 Å². The molecule has 0 spiro atoms. The molecule has 30 heavy (non-hydrogen) atoms. The number of piperidine rings is 1. The highest BCUT2D eigenvalue weighted by Crippen LogP contribution is 2.32. The van der Waals surface area contributed by atoms with Gasteiger partial charge in [-0.1, -0.05) is 11.6 Å². The molecule has 1 N–H and O–H groups in total. The molecule has 7 nitrogen and oxygen atoms in total. The van der Waals surface area contributed by atoms with E-state index >= 15 is 0 Å². The first-order valence-electron chi connectivity index (χ1n) is 8.84. The molecular weight excluding hydrogens is 469 g/mol. The summed E-state index contributed by atoms with van der Waals surface area (Å²) in [7, 11) is 1.58. The van der Waals surface area contributed by atoms with E-state index in [-0.39, 0.29) is 30.7 Å². The van der Waals surface area contributed by atoms with Gasteiger partial charge < -0.3 is 15.0 Å². The van der Waals surface area contributed by atoms with Gasteiger partial charge in [-0.2, -0.15) is 0 Å². The lowest BCUT2D eigenvalue weighted by Gasteiger charge is -2.26. The average Bonchev–Trinajstić information content (AvgIpc) is 3.15. The number of hydrogen-bond donors (Lipinski definition) is 1. The summed E-state index contributed by atoms with van der Waals surface area (Å²) in [6.07, 6.45) is 5.86. The van der Waals surface area contributed by atoms with E-state index in [1.165, 1.54) is 11.3 Å². The Morgan fingerprint density at radius 3 is 2.60 bits per heavy atom. The highest BCUT2D eigenvalue weighted by Gasteiger charge is 2.20. The molecule has 4 heterocycles. The van der Waals surface area contributed by atoms with Gasteiger partial charge >= 0.3 is 0 Å². The maximum Gasteiger partial charge on any atom is 0.227 e. The summed E-state index contributed by atoms with van der Waals surface area (Å²) in [4.78, 5) is 27.1. The number of nitrogens with one attached hydrogen (secondary N) is 1. The zero-order chi connectivity index (χ0) is 19.5. The number of thiazole rings is 1. The van der Waals surface area contributed by atoms with Crippen LogP contribution in [0, 0.1) is 0 Å². The molecule has 0 atom stereocenters. The third-order valence-corrected chi connectivity index (χ3v) is 5.54. The van der Waals surface area contributed by atoms with Gasteiger partial charge in [0.2, 0.25) is 5.91 Å². The fraction of sp³-hybridized carbons (Fsp3) is 0.263. The van der Waals surface area contributed by atoms with Crippen LogP contribution in [0.5, 0.6) is 5.75 Å². The van der Waals surface area contributed by atoms with E-state index in [4.69, 9.17) is 16.3 Å². The van der Waals surface area contributed by atoms with Gasteiger partial charge in [0.25, 0.3) is 0 Å². The van der Waals surface area contributed by atoms with Crippen LogP contribution in [0.2, 0.25) is 4.34 Å². The van der Waals surface area contributed by atoms with E-state index in [2.05, 4.69) is 20.3 Å². The second kappa shape index (κ2) is 10.8. The Labute approximate surface area is 195 Å². The second-order valence-electron chi connectivity index (χ2n) is 6.25. The number of ether oxygens (including phenoxy) is 1. The number of anilines is 3. The minimum absolute atomic E-state index is 0. The fourth-order valence-corrected chi connectivity index (χ4v) is 3.89. The predicted molar refractivity (Wildman–Crippen MR) is 125 cm³/mol. The fourth-order valence-electron chi connectivity index (χ4n) is 3.01. The first kappa shape index (κ1) is 24.1. The van der Waals surface area contributed by atoms with E-state index in [1.807, 2.05) is 24.3 Å². The third-order valence-electron chi connectivity index (χ3n) is 4.40. The van der Waals surface area contributed by atoms with Crippen LogP contribution in [-0.4, -0.2) is 34.5 Å². The number of amides is 1. The summed E-state index contributed by atoms with van der Waals surface area (Å²) in [6.45, 7) is 0.737. The maximum atomic E-state index is 12.1. The molecule has 3 aromatic rings. The van der Waals surface area contributed by atoms with Gasteiger partial charge in [-0.15, -0.1) is 36.2 Å². The zero-order valence-corrected chi connectivity index (χ0v) is 19.2. The van der Waals surface area contributed by atoms with Crippen molar-refractivity contribution in [1.29, 1.82) is 0 Å². The van der Waals surface area contributed by atoms with Crippen molar-refractivity contribution >= 4 is 71.0 Å². The number of carbonyl (C=O) groups is 1. The number of nitrogens with zero attached hydrogens (tertiary/aromatic N) is 4. The van der Waals surface area contributed by atoms with Crippen molar-refractivity contribution in [3.63, 3.8) is 0 Å². The van der Waals surface area contributed by atoms with Crippen LogP contribution in [0.15, 0.2) is 36.7 Å². The van der Waals surface area contributed by atoms with Crippen LogP contribution >= 0.6 is 47.8 Å². The summed E-state index contributed by atoms with van der Waals surface area (Å²) in [5.74, 6) is 1.87. The molecule has 0 bridgehead atoms. The summed E-state index contributed by atoms with van der Waals surface area (Å²) in [5.41, 5.74) is 1.50. The first-order valence-corrected chi connectivity index (χ1v) is 10.0. The summed E-state index contributed by atoms with van der Waals surface area (Å²) in [6, 6.07) is 7.36. The van der Waals surface area contributed by atoms with Crippen LogP contribution < -0.4 is 15.0 Å². The van der Waals surface area contributed by atoms with Gasteiger partial charge in [0.05, 0.1) is 25.2 Å². The number of methoxy groups -OCH3 is 1. The van der Waals surface area contributed by atoms with Gasteiger partial charge in [0, 0.05) is 13.0 Å². The third kappa shape index (κ3) is 5.31. The molecule has 0 radical (unpaired) electrons. The van der Waals surface area contributed by atoms with E-state index in [0.717, 1.165) is 30.1 Å². The molecule has 0 aromatic carbocycles. The highest BCUT2D eigenvalue weighted by atomic mass is 35.5. The lowest BCUT2D eigenvalue weighted by molar-refractivity contribution is -0.119. The predicted octanol–water partition coefficient (Wildman–Crippen LogP) is 5.37. The minimum Gasteiger partial charge on any atom is -0.493 e. The van der Waals surface area contributed by atoms with Crippen molar-refractivity contribution in [3.05, 3.63) is 41.0 Å². The Hall–Kier alpha value is -2.13. The molecule has 0 unspecified atom stereocenters. The molecule has 4 rings (SSSR count). The van der Waals surface area contributed by atoms with Crippen LogP contribution in [0.25, 0.3) is 10.7 Å².